The molecular weight excluding hydrogens is 176 g/mol. The number of hydrogen-bond donors (Lipinski definition) is 0. The van der Waals surface area contributed by atoms with Crippen molar-refractivity contribution in [3.63, 3.8) is 0 Å². The molecule has 0 atom stereocenters. The van der Waals surface area contributed by atoms with Crippen LogP contribution in [-0.4, -0.2) is 12.9 Å². The summed E-state index contributed by atoms with van der Waals surface area (Å²) in [5.41, 5.74) is 2.94. The van der Waals surface area contributed by atoms with Crippen molar-refractivity contribution in [1.29, 1.82) is 0 Å². The molecule has 1 aromatic rings. The summed E-state index contributed by atoms with van der Waals surface area (Å²) in [5, 5.41) is 0. The highest BCUT2D eigenvalue weighted by Crippen LogP contribution is 2.23. The van der Waals surface area contributed by atoms with Gasteiger partial charge in [-0.05, 0) is 37.5 Å². The van der Waals surface area contributed by atoms with E-state index < -0.39 is 0 Å². The van der Waals surface area contributed by atoms with Crippen molar-refractivity contribution >= 4 is 5.78 Å². The van der Waals surface area contributed by atoms with Crippen LogP contribution in [0.1, 0.15) is 35.3 Å². The van der Waals surface area contributed by atoms with E-state index in [1.807, 2.05) is 26.0 Å². The lowest BCUT2D eigenvalue weighted by molar-refractivity contribution is 0.101. The lowest BCUT2D eigenvalue weighted by Gasteiger charge is -2.10. The molecule has 0 aliphatic carbocycles. The zero-order valence-corrected chi connectivity index (χ0v) is 9.18. The lowest BCUT2D eigenvalue weighted by Crippen LogP contribution is -2.01. The van der Waals surface area contributed by atoms with Crippen LogP contribution in [0.2, 0.25) is 0 Å². The van der Waals surface area contributed by atoms with Gasteiger partial charge in [0.2, 0.25) is 0 Å². The molecule has 2 nitrogen and oxygen atoms in total. The highest BCUT2D eigenvalue weighted by Gasteiger charge is 2.09. The first-order valence-corrected chi connectivity index (χ1v) is 4.78. The summed E-state index contributed by atoms with van der Waals surface area (Å²) in [6.45, 7) is 5.62. The number of ether oxygens (including phenoxy) is 1. The largest absolute Gasteiger partial charge is 0.496 e. The Morgan fingerprint density at radius 2 is 2.07 bits per heavy atom. The summed E-state index contributed by atoms with van der Waals surface area (Å²) in [6, 6.07) is 3.85. The summed E-state index contributed by atoms with van der Waals surface area (Å²) in [4.78, 5) is 11.3. The van der Waals surface area contributed by atoms with Crippen LogP contribution in [0.4, 0.5) is 0 Å². The Bertz CT molecular complexity index is 354. The average molecular weight is 192 g/mol. The fraction of sp³-hybridized carbons (Fsp3) is 0.417. The number of ketones is 1. The maximum atomic E-state index is 11.3. The zero-order valence-electron chi connectivity index (χ0n) is 9.18. The molecule has 0 aliphatic rings. The van der Waals surface area contributed by atoms with Crippen LogP contribution in [0.15, 0.2) is 12.1 Å². The van der Waals surface area contributed by atoms with Crippen LogP contribution in [-0.2, 0) is 6.42 Å². The summed E-state index contributed by atoms with van der Waals surface area (Å²) < 4.78 is 5.18. The number of Topliss-reactive ketones (excluding diaryl/α,β-unsaturated/α-hetero) is 1. The third-order valence-electron chi connectivity index (χ3n) is 2.38. The smallest absolute Gasteiger partial charge is 0.160 e. The molecule has 0 spiro atoms. The molecule has 0 saturated carbocycles. The number of aryl methyl sites for hydroxylation is 2. The number of benzene rings is 1. The van der Waals surface area contributed by atoms with E-state index in [0.29, 0.717) is 0 Å². The number of hydrogen-bond acceptors (Lipinski definition) is 2. The first-order valence-electron chi connectivity index (χ1n) is 4.78. The Kier molecular flexibility index (Phi) is 3.28. The first kappa shape index (κ1) is 10.8. The van der Waals surface area contributed by atoms with Crippen LogP contribution in [0.25, 0.3) is 0 Å². The third-order valence-corrected chi connectivity index (χ3v) is 2.38. The fourth-order valence-corrected chi connectivity index (χ4v) is 1.59. The number of methoxy groups -OCH3 is 1. The van der Waals surface area contributed by atoms with Gasteiger partial charge in [-0.1, -0.05) is 13.0 Å². The highest BCUT2D eigenvalue weighted by atomic mass is 16.5. The number of carbonyl (C=O) groups excluding carboxylic acids is 1. The Morgan fingerprint density at radius 1 is 1.43 bits per heavy atom. The maximum absolute atomic E-state index is 11.3. The van der Waals surface area contributed by atoms with E-state index in [1.165, 1.54) is 0 Å². The van der Waals surface area contributed by atoms with Crippen LogP contribution < -0.4 is 4.74 Å². The van der Waals surface area contributed by atoms with Gasteiger partial charge in [0.25, 0.3) is 0 Å². The summed E-state index contributed by atoms with van der Waals surface area (Å²) in [6.07, 6.45) is 0.875. The van der Waals surface area contributed by atoms with E-state index in [-0.39, 0.29) is 5.78 Å². The van der Waals surface area contributed by atoms with Gasteiger partial charge >= 0.3 is 0 Å². The fourth-order valence-electron chi connectivity index (χ4n) is 1.59. The van der Waals surface area contributed by atoms with Crippen LogP contribution in [0, 0.1) is 6.92 Å². The molecule has 0 fully saturated rings. The molecule has 14 heavy (non-hydrogen) atoms. The topological polar surface area (TPSA) is 26.3 Å². The van der Waals surface area contributed by atoms with Crippen molar-refractivity contribution in [3.8, 4) is 5.75 Å². The van der Waals surface area contributed by atoms with Crippen molar-refractivity contribution < 1.29 is 9.53 Å². The molecule has 0 radical (unpaired) electrons. The number of carbonyl (C=O) groups is 1. The minimum absolute atomic E-state index is 0.0974. The van der Waals surface area contributed by atoms with Gasteiger partial charge in [0, 0.05) is 5.56 Å². The molecule has 0 aliphatic heterocycles. The van der Waals surface area contributed by atoms with Gasteiger partial charge in [-0.25, -0.2) is 0 Å². The Labute approximate surface area is 84.9 Å². The second-order valence-electron chi connectivity index (χ2n) is 3.39. The van der Waals surface area contributed by atoms with E-state index in [4.69, 9.17) is 4.74 Å². The highest BCUT2D eigenvalue weighted by molar-refractivity contribution is 5.96. The van der Waals surface area contributed by atoms with Gasteiger partial charge in [-0.2, -0.15) is 0 Å². The van der Waals surface area contributed by atoms with E-state index in [0.717, 1.165) is 28.9 Å². The Balaban J connectivity index is 3.32. The molecular formula is C12H16O2. The van der Waals surface area contributed by atoms with Crippen LogP contribution in [0.5, 0.6) is 5.75 Å². The molecule has 0 aromatic heterocycles. The molecule has 2 heteroatoms. The van der Waals surface area contributed by atoms with Gasteiger partial charge in [-0.15, -0.1) is 0 Å². The molecule has 0 N–H and O–H groups in total. The van der Waals surface area contributed by atoms with Crippen molar-refractivity contribution in [3.05, 3.63) is 28.8 Å². The summed E-state index contributed by atoms with van der Waals surface area (Å²) >= 11 is 0. The van der Waals surface area contributed by atoms with Gasteiger partial charge in [0.15, 0.2) is 5.78 Å². The van der Waals surface area contributed by atoms with Crippen molar-refractivity contribution in [2.45, 2.75) is 27.2 Å². The minimum Gasteiger partial charge on any atom is -0.496 e. The quantitative estimate of drug-likeness (QED) is 0.688. The predicted molar refractivity (Wildman–Crippen MR) is 57.1 cm³/mol. The molecule has 1 rings (SSSR count). The van der Waals surface area contributed by atoms with E-state index >= 15 is 0 Å². The van der Waals surface area contributed by atoms with E-state index in [1.54, 1.807) is 14.0 Å². The molecule has 0 unspecified atom stereocenters. The molecule has 0 heterocycles. The van der Waals surface area contributed by atoms with Crippen LogP contribution >= 0.6 is 0 Å². The maximum Gasteiger partial charge on any atom is 0.160 e. The second kappa shape index (κ2) is 4.27. The van der Waals surface area contributed by atoms with Gasteiger partial charge in [-0.3, -0.25) is 4.79 Å². The minimum atomic E-state index is 0.0974. The van der Waals surface area contributed by atoms with Crippen molar-refractivity contribution in [2.75, 3.05) is 7.11 Å². The molecule has 0 bridgehead atoms. The van der Waals surface area contributed by atoms with Gasteiger partial charge < -0.3 is 4.74 Å². The third kappa shape index (κ3) is 1.95. The van der Waals surface area contributed by atoms with Crippen molar-refractivity contribution in [1.82, 2.24) is 0 Å². The van der Waals surface area contributed by atoms with E-state index in [9.17, 15) is 4.79 Å². The molecule has 0 saturated heterocycles. The molecule has 1 aromatic carbocycles. The monoisotopic (exact) mass is 192 g/mol. The van der Waals surface area contributed by atoms with Crippen LogP contribution in [0.3, 0.4) is 0 Å². The molecule has 0 amide bonds. The average Bonchev–Trinajstić information content (AvgIpc) is 2.16. The summed E-state index contributed by atoms with van der Waals surface area (Å²) in [7, 11) is 1.62. The zero-order chi connectivity index (χ0) is 10.7. The molecule has 76 valence electrons. The second-order valence-corrected chi connectivity index (χ2v) is 3.39. The van der Waals surface area contributed by atoms with Gasteiger partial charge in [0.05, 0.1) is 7.11 Å². The SMILES string of the molecule is CCc1cc(C)c(OC)cc1C(C)=O. The Hall–Kier alpha value is -1.31. The standard InChI is InChI=1S/C12H16O2/c1-5-10-6-8(2)12(14-4)7-11(10)9(3)13/h6-7H,5H2,1-4H3. The first-order chi connectivity index (χ1) is 6.60. The Morgan fingerprint density at radius 3 is 2.50 bits per heavy atom. The van der Waals surface area contributed by atoms with E-state index in [2.05, 4.69) is 0 Å². The van der Waals surface area contributed by atoms with Crippen molar-refractivity contribution in [2.24, 2.45) is 0 Å². The predicted octanol–water partition coefficient (Wildman–Crippen LogP) is 2.77. The van der Waals surface area contributed by atoms with Gasteiger partial charge in [0.1, 0.15) is 5.75 Å². The summed E-state index contributed by atoms with van der Waals surface area (Å²) in [5.74, 6) is 0.882. The number of rotatable bonds is 3. The normalized spacial score (nSPS) is 10.0. The lowest BCUT2D eigenvalue weighted by atomic mass is 9.99.